The molecule has 0 aliphatic carbocycles. The van der Waals surface area contributed by atoms with Crippen molar-refractivity contribution < 1.29 is 29.3 Å². The number of carboxylic acid groups (broad SMARTS) is 2. The molecule has 120 valence electrons. The Kier molecular flexibility index (Phi) is 5.43. The minimum absolute atomic E-state index is 0.171. The van der Waals surface area contributed by atoms with Crippen LogP contribution < -0.4 is 9.47 Å². The third-order valence-corrected chi connectivity index (χ3v) is 3.10. The minimum atomic E-state index is -1.73. The Morgan fingerprint density at radius 1 is 0.783 bits per heavy atom. The van der Waals surface area contributed by atoms with Gasteiger partial charge in [-0.05, 0) is 36.4 Å². The first-order valence-electron chi connectivity index (χ1n) is 6.57. The highest BCUT2D eigenvalue weighted by Crippen LogP contribution is 2.20. The Morgan fingerprint density at radius 2 is 1.22 bits per heavy atom. The van der Waals surface area contributed by atoms with Gasteiger partial charge in [0.1, 0.15) is 11.5 Å². The summed E-state index contributed by atoms with van der Waals surface area (Å²) in [6, 6.07) is 14.0. The fourth-order valence-corrected chi connectivity index (χ4v) is 1.91. The van der Waals surface area contributed by atoms with Crippen LogP contribution in [0.2, 0.25) is 5.02 Å². The molecule has 0 spiro atoms. The Labute approximate surface area is 136 Å². The number of ether oxygens (including phenoxy) is 2. The van der Waals surface area contributed by atoms with Gasteiger partial charge < -0.3 is 19.7 Å². The molecule has 2 aromatic carbocycles. The van der Waals surface area contributed by atoms with Crippen molar-refractivity contribution in [2.45, 2.75) is 12.2 Å². The maximum atomic E-state index is 11.4. The molecule has 6 nitrogen and oxygen atoms in total. The first-order chi connectivity index (χ1) is 11.0. The van der Waals surface area contributed by atoms with E-state index in [4.69, 9.17) is 21.1 Å². The van der Waals surface area contributed by atoms with E-state index in [9.17, 15) is 19.8 Å². The molecule has 0 radical (unpaired) electrons. The van der Waals surface area contributed by atoms with E-state index in [0.717, 1.165) is 0 Å². The number of benzene rings is 2. The highest BCUT2D eigenvalue weighted by molar-refractivity contribution is 6.30. The largest absolute Gasteiger partial charge is 0.478 e. The van der Waals surface area contributed by atoms with E-state index in [1.807, 2.05) is 0 Å². The third kappa shape index (κ3) is 4.62. The van der Waals surface area contributed by atoms with Gasteiger partial charge in [0, 0.05) is 5.02 Å². The highest BCUT2D eigenvalue weighted by atomic mass is 35.5. The molecule has 2 rings (SSSR count). The van der Waals surface area contributed by atoms with Crippen LogP contribution in [-0.4, -0.2) is 34.4 Å². The lowest BCUT2D eigenvalue weighted by molar-refractivity contribution is -0.161. The number of hydrogen-bond donors (Lipinski definition) is 2. The quantitative estimate of drug-likeness (QED) is 0.807. The number of halogens is 1. The van der Waals surface area contributed by atoms with Crippen molar-refractivity contribution in [2.24, 2.45) is 0 Å². The van der Waals surface area contributed by atoms with Crippen molar-refractivity contribution in [3.63, 3.8) is 0 Å². The predicted octanol–water partition coefficient (Wildman–Crippen LogP) is 2.70. The molecule has 0 saturated carbocycles. The van der Waals surface area contributed by atoms with Gasteiger partial charge in [0.25, 0.3) is 0 Å². The summed E-state index contributed by atoms with van der Waals surface area (Å²) >= 11 is 5.74. The number of carbonyl (C=O) groups is 2. The van der Waals surface area contributed by atoms with Crippen LogP contribution in [0, 0.1) is 0 Å². The molecule has 0 amide bonds. The van der Waals surface area contributed by atoms with Crippen LogP contribution in [-0.2, 0) is 9.59 Å². The van der Waals surface area contributed by atoms with Crippen LogP contribution in [0.25, 0.3) is 0 Å². The summed E-state index contributed by atoms with van der Waals surface area (Å²) in [5.74, 6) is -2.51. The summed E-state index contributed by atoms with van der Waals surface area (Å²) in [6.45, 7) is 0. The molecule has 7 heteroatoms. The van der Waals surface area contributed by atoms with Gasteiger partial charge in [-0.15, -0.1) is 0 Å². The molecule has 0 aliphatic heterocycles. The molecule has 2 unspecified atom stereocenters. The van der Waals surface area contributed by atoms with Gasteiger partial charge in [-0.3, -0.25) is 0 Å². The molecule has 0 aromatic heterocycles. The molecule has 2 N–H and O–H groups in total. The van der Waals surface area contributed by atoms with Crippen molar-refractivity contribution in [1.82, 2.24) is 0 Å². The van der Waals surface area contributed by atoms with E-state index in [0.29, 0.717) is 5.02 Å². The zero-order valence-electron chi connectivity index (χ0n) is 11.8. The zero-order valence-corrected chi connectivity index (χ0v) is 12.5. The second-order valence-electron chi connectivity index (χ2n) is 4.52. The summed E-state index contributed by atoms with van der Waals surface area (Å²) in [5, 5.41) is 19.0. The maximum absolute atomic E-state index is 11.4. The second-order valence-corrected chi connectivity index (χ2v) is 4.96. The standard InChI is InChI=1S/C16H13ClO6/c17-10-6-8-12(9-7-10)23-14(16(20)21)13(15(18)19)22-11-4-2-1-3-5-11/h1-9,13-14H,(H,18,19)(H,20,21). The van der Waals surface area contributed by atoms with Gasteiger partial charge >= 0.3 is 11.9 Å². The fraction of sp³-hybridized carbons (Fsp3) is 0.125. The van der Waals surface area contributed by atoms with Gasteiger partial charge in [-0.25, -0.2) is 9.59 Å². The lowest BCUT2D eigenvalue weighted by Crippen LogP contribution is -2.47. The molecule has 2 atom stereocenters. The van der Waals surface area contributed by atoms with Gasteiger partial charge in [-0.2, -0.15) is 0 Å². The molecule has 0 bridgehead atoms. The lowest BCUT2D eigenvalue weighted by atomic mass is 10.2. The fourth-order valence-electron chi connectivity index (χ4n) is 1.79. The van der Waals surface area contributed by atoms with Crippen LogP contribution in [0.1, 0.15) is 0 Å². The van der Waals surface area contributed by atoms with Crippen molar-refractivity contribution in [1.29, 1.82) is 0 Å². The number of hydrogen-bond acceptors (Lipinski definition) is 4. The predicted molar refractivity (Wildman–Crippen MR) is 82.0 cm³/mol. The summed E-state index contributed by atoms with van der Waals surface area (Å²) < 4.78 is 10.5. The molecule has 0 aliphatic rings. The van der Waals surface area contributed by atoms with Gasteiger partial charge in [-0.1, -0.05) is 29.8 Å². The topological polar surface area (TPSA) is 93.1 Å². The normalized spacial score (nSPS) is 12.9. The summed E-state index contributed by atoms with van der Waals surface area (Å²) in [4.78, 5) is 22.8. The monoisotopic (exact) mass is 336 g/mol. The molecule has 23 heavy (non-hydrogen) atoms. The van der Waals surface area contributed by atoms with E-state index >= 15 is 0 Å². The zero-order chi connectivity index (χ0) is 16.8. The van der Waals surface area contributed by atoms with Crippen LogP contribution in [0.4, 0.5) is 0 Å². The molecular formula is C16H13ClO6. The smallest absolute Gasteiger partial charge is 0.349 e. The summed E-state index contributed by atoms with van der Waals surface area (Å²) in [6.07, 6.45) is -3.44. The second kappa shape index (κ2) is 7.51. The molecular weight excluding hydrogens is 324 g/mol. The van der Waals surface area contributed by atoms with E-state index in [1.54, 1.807) is 18.2 Å². The minimum Gasteiger partial charge on any atom is -0.478 e. The van der Waals surface area contributed by atoms with Crippen molar-refractivity contribution in [3.05, 3.63) is 59.6 Å². The first-order valence-corrected chi connectivity index (χ1v) is 6.94. The van der Waals surface area contributed by atoms with Crippen molar-refractivity contribution in [2.75, 3.05) is 0 Å². The molecule has 0 saturated heterocycles. The molecule has 0 fully saturated rings. The van der Waals surface area contributed by atoms with Crippen LogP contribution in [0.15, 0.2) is 54.6 Å². The number of rotatable bonds is 7. The van der Waals surface area contributed by atoms with Crippen LogP contribution in [0.5, 0.6) is 11.5 Å². The van der Waals surface area contributed by atoms with Crippen LogP contribution in [0.3, 0.4) is 0 Å². The average molecular weight is 337 g/mol. The van der Waals surface area contributed by atoms with Crippen molar-refractivity contribution >= 4 is 23.5 Å². The summed E-state index contributed by atoms with van der Waals surface area (Å²) in [5.41, 5.74) is 0. The van der Waals surface area contributed by atoms with E-state index < -0.39 is 24.1 Å². The summed E-state index contributed by atoms with van der Waals surface area (Å²) in [7, 11) is 0. The van der Waals surface area contributed by atoms with Gasteiger partial charge in [0.15, 0.2) is 0 Å². The highest BCUT2D eigenvalue weighted by Gasteiger charge is 2.38. The molecule has 0 heterocycles. The number of aliphatic carboxylic acids is 2. The van der Waals surface area contributed by atoms with Crippen molar-refractivity contribution in [3.8, 4) is 11.5 Å². The third-order valence-electron chi connectivity index (χ3n) is 2.84. The van der Waals surface area contributed by atoms with E-state index in [-0.39, 0.29) is 11.5 Å². The van der Waals surface area contributed by atoms with Gasteiger partial charge in [0.2, 0.25) is 12.2 Å². The Balaban J connectivity index is 2.22. The Hall–Kier alpha value is -2.73. The van der Waals surface area contributed by atoms with E-state index in [2.05, 4.69) is 0 Å². The Bertz CT molecular complexity index is 671. The lowest BCUT2D eigenvalue weighted by Gasteiger charge is -2.22. The first kappa shape index (κ1) is 16.6. The molecule has 2 aromatic rings. The number of para-hydroxylation sites is 1. The SMILES string of the molecule is O=C(O)C(Oc1ccccc1)C(Oc1ccc(Cl)cc1)C(=O)O. The van der Waals surface area contributed by atoms with Crippen LogP contribution >= 0.6 is 11.6 Å². The average Bonchev–Trinajstić information content (AvgIpc) is 2.53. The van der Waals surface area contributed by atoms with Gasteiger partial charge in [0.05, 0.1) is 0 Å². The maximum Gasteiger partial charge on any atom is 0.349 e. The number of carboxylic acids is 2. The van der Waals surface area contributed by atoms with E-state index in [1.165, 1.54) is 36.4 Å². The Morgan fingerprint density at radius 3 is 1.65 bits per heavy atom.